The monoisotopic (exact) mass is 274 g/mol. The molecule has 18 heavy (non-hydrogen) atoms. The molecule has 2 unspecified atom stereocenters. The van der Waals surface area contributed by atoms with Crippen LogP contribution in [-0.2, 0) is 10.8 Å². The van der Waals surface area contributed by atoms with E-state index in [-0.39, 0.29) is 11.7 Å². The van der Waals surface area contributed by atoms with Crippen molar-refractivity contribution < 1.29 is 13.3 Å². The third kappa shape index (κ3) is 4.18. The summed E-state index contributed by atoms with van der Waals surface area (Å²) in [6.45, 7) is 1.91. The maximum Gasteiger partial charge on any atom is 0.148 e. The van der Waals surface area contributed by atoms with Crippen molar-refractivity contribution in [2.75, 3.05) is 30.2 Å². The van der Waals surface area contributed by atoms with E-state index in [9.17, 15) is 8.60 Å². The Morgan fingerprint density at radius 3 is 2.78 bits per heavy atom. The first kappa shape index (κ1) is 14.8. The number of hydrogen-bond donors (Lipinski definition) is 2. The van der Waals surface area contributed by atoms with Crippen LogP contribution in [0.4, 0.5) is 15.8 Å². The quantitative estimate of drug-likeness (QED) is 0.779. The van der Waals surface area contributed by atoms with E-state index < -0.39 is 16.6 Å². The number of nitrogen functional groups attached to an aromatic ring is 1. The van der Waals surface area contributed by atoms with Gasteiger partial charge in [-0.1, -0.05) is 0 Å². The van der Waals surface area contributed by atoms with Crippen molar-refractivity contribution in [3.63, 3.8) is 0 Å². The van der Waals surface area contributed by atoms with Crippen LogP contribution in [0.2, 0.25) is 0 Å². The Balaban J connectivity index is 2.74. The molecule has 2 atom stereocenters. The van der Waals surface area contributed by atoms with Gasteiger partial charge in [-0.25, -0.2) is 4.39 Å². The van der Waals surface area contributed by atoms with Crippen LogP contribution < -0.4 is 15.8 Å². The third-order valence-corrected chi connectivity index (χ3v) is 3.37. The predicted octanol–water partition coefficient (Wildman–Crippen LogP) is 1.99. The number of anilines is 2. The molecule has 0 aromatic heterocycles. The molecule has 0 bridgehead atoms. The minimum atomic E-state index is -0.838. The molecule has 6 heteroatoms. The number of ether oxygens (including phenoxy) is 1. The van der Waals surface area contributed by atoms with Gasteiger partial charge < -0.3 is 15.8 Å². The lowest BCUT2D eigenvalue weighted by Crippen LogP contribution is -2.18. The highest BCUT2D eigenvalue weighted by molar-refractivity contribution is 7.84. The molecule has 4 nitrogen and oxygen atoms in total. The highest BCUT2D eigenvalue weighted by Gasteiger charge is 2.11. The molecule has 102 valence electrons. The summed E-state index contributed by atoms with van der Waals surface area (Å²) in [5.41, 5.74) is 6.21. The molecule has 3 N–H and O–H groups in total. The highest BCUT2D eigenvalue weighted by atomic mass is 32.2. The number of hydrogen-bond acceptors (Lipinski definition) is 4. The number of benzene rings is 1. The Morgan fingerprint density at radius 2 is 2.22 bits per heavy atom. The van der Waals surface area contributed by atoms with Crippen LogP contribution >= 0.6 is 0 Å². The van der Waals surface area contributed by atoms with E-state index in [0.717, 1.165) is 0 Å². The molecular weight excluding hydrogens is 255 g/mol. The lowest BCUT2D eigenvalue weighted by molar-refractivity contribution is 0.416. The van der Waals surface area contributed by atoms with Gasteiger partial charge in [0.2, 0.25) is 0 Å². The number of halogens is 1. The fourth-order valence-electron chi connectivity index (χ4n) is 1.54. The number of nitrogens with two attached hydrogens (primary N) is 1. The first-order chi connectivity index (χ1) is 8.43. The Hall–Kier alpha value is -1.30. The van der Waals surface area contributed by atoms with Gasteiger partial charge in [0.1, 0.15) is 11.6 Å². The second kappa shape index (κ2) is 6.58. The second-order valence-corrected chi connectivity index (χ2v) is 5.74. The molecular formula is C12H19FN2O2S. The van der Waals surface area contributed by atoms with Crippen LogP contribution in [0.5, 0.6) is 5.75 Å². The van der Waals surface area contributed by atoms with E-state index in [0.29, 0.717) is 23.6 Å². The molecule has 0 aliphatic rings. The molecule has 0 aliphatic heterocycles. The zero-order valence-electron chi connectivity index (χ0n) is 10.8. The van der Waals surface area contributed by atoms with E-state index in [1.54, 1.807) is 6.26 Å². The molecule has 0 spiro atoms. The fraction of sp³-hybridized carbons (Fsp3) is 0.500. The first-order valence-electron chi connectivity index (χ1n) is 5.63. The average molecular weight is 274 g/mol. The maximum atomic E-state index is 13.7. The molecule has 0 saturated carbocycles. The van der Waals surface area contributed by atoms with Gasteiger partial charge in [0.15, 0.2) is 0 Å². The Bertz CT molecular complexity index is 440. The van der Waals surface area contributed by atoms with Gasteiger partial charge >= 0.3 is 0 Å². The molecule has 0 heterocycles. The zero-order valence-corrected chi connectivity index (χ0v) is 11.6. The van der Waals surface area contributed by atoms with Crippen molar-refractivity contribution in [3.05, 3.63) is 17.9 Å². The second-order valence-electron chi connectivity index (χ2n) is 4.19. The van der Waals surface area contributed by atoms with E-state index in [4.69, 9.17) is 10.5 Å². The smallest absolute Gasteiger partial charge is 0.148 e. The third-order valence-electron chi connectivity index (χ3n) is 2.56. The molecule has 1 aromatic carbocycles. The largest absolute Gasteiger partial charge is 0.495 e. The Morgan fingerprint density at radius 1 is 1.56 bits per heavy atom. The molecule has 0 fully saturated rings. The van der Waals surface area contributed by atoms with Crippen molar-refractivity contribution in [2.45, 2.75) is 19.4 Å². The van der Waals surface area contributed by atoms with E-state index in [1.165, 1.54) is 19.2 Å². The summed E-state index contributed by atoms with van der Waals surface area (Å²) in [5.74, 6) is 0.602. The summed E-state index contributed by atoms with van der Waals surface area (Å²) >= 11 is 0. The van der Waals surface area contributed by atoms with Gasteiger partial charge in [0.05, 0.1) is 18.5 Å². The summed E-state index contributed by atoms with van der Waals surface area (Å²) in [6, 6.07) is 2.78. The van der Waals surface area contributed by atoms with Crippen LogP contribution in [0.3, 0.4) is 0 Å². The van der Waals surface area contributed by atoms with Crippen LogP contribution in [-0.4, -0.2) is 29.4 Å². The van der Waals surface area contributed by atoms with Gasteiger partial charge in [-0.05, 0) is 13.3 Å². The SMILES string of the molecule is COc1cc(NC(C)CCS(C)=O)c(F)cc1N. The van der Waals surface area contributed by atoms with Gasteiger partial charge in [-0.3, -0.25) is 4.21 Å². The molecule has 1 aromatic rings. The Labute approximate surface area is 109 Å². The van der Waals surface area contributed by atoms with Gasteiger partial charge in [0.25, 0.3) is 0 Å². The first-order valence-corrected chi connectivity index (χ1v) is 7.36. The number of nitrogens with one attached hydrogen (secondary N) is 1. The Kier molecular flexibility index (Phi) is 5.40. The normalized spacial score (nSPS) is 14.0. The molecule has 0 amide bonds. The van der Waals surface area contributed by atoms with Crippen LogP contribution in [0.15, 0.2) is 12.1 Å². The standard InChI is InChI=1S/C12H19FN2O2S/c1-8(4-5-18(3)16)15-11-7-12(17-2)10(14)6-9(11)13/h6-8,15H,4-5,14H2,1-3H3. The van der Waals surface area contributed by atoms with Crippen molar-refractivity contribution in [2.24, 2.45) is 0 Å². The van der Waals surface area contributed by atoms with E-state index in [1.807, 2.05) is 6.92 Å². The zero-order chi connectivity index (χ0) is 13.7. The van der Waals surface area contributed by atoms with Crippen LogP contribution in [0, 0.1) is 5.82 Å². The van der Waals surface area contributed by atoms with E-state index >= 15 is 0 Å². The number of rotatable bonds is 6. The molecule has 1 rings (SSSR count). The lowest BCUT2D eigenvalue weighted by atomic mass is 10.2. The number of methoxy groups -OCH3 is 1. The minimum Gasteiger partial charge on any atom is -0.495 e. The van der Waals surface area contributed by atoms with Gasteiger partial charge in [0, 0.05) is 41.0 Å². The van der Waals surface area contributed by atoms with Crippen molar-refractivity contribution in [1.29, 1.82) is 0 Å². The summed E-state index contributed by atoms with van der Waals surface area (Å²) in [6.07, 6.45) is 2.36. The summed E-state index contributed by atoms with van der Waals surface area (Å²) in [7, 11) is 0.646. The molecule has 0 radical (unpaired) electrons. The predicted molar refractivity (Wildman–Crippen MR) is 74.0 cm³/mol. The van der Waals surface area contributed by atoms with Crippen LogP contribution in [0.1, 0.15) is 13.3 Å². The van der Waals surface area contributed by atoms with Crippen molar-refractivity contribution >= 4 is 22.2 Å². The van der Waals surface area contributed by atoms with E-state index in [2.05, 4.69) is 5.32 Å². The minimum absolute atomic E-state index is 0.0248. The summed E-state index contributed by atoms with van der Waals surface area (Å²) in [5, 5.41) is 3.02. The average Bonchev–Trinajstić information content (AvgIpc) is 2.30. The highest BCUT2D eigenvalue weighted by Crippen LogP contribution is 2.28. The van der Waals surface area contributed by atoms with Crippen LogP contribution in [0.25, 0.3) is 0 Å². The molecule has 0 aliphatic carbocycles. The van der Waals surface area contributed by atoms with Gasteiger partial charge in [-0.2, -0.15) is 0 Å². The van der Waals surface area contributed by atoms with Crippen molar-refractivity contribution in [1.82, 2.24) is 0 Å². The topological polar surface area (TPSA) is 64.3 Å². The fourth-order valence-corrected chi connectivity index (χ4v) is 2.22. The summed E-state index contributed by atoms with van der Waals surface area (Å²) in [4.78, 5) is 0. The van der Waals surface area contributed by atoms with Crippen molar-refractivity contribution in [3.8, 4) is 5.75 Å². The lowest BCUT2D eigenvalue weighted by Gasteiger charge is -2.16. The summed E-state index contributed by atoms with van der Waals surface area (Å²) < 4.78 is 29.7. The molecule has 0 saturated heterocycles. The van der Waals surface area contributed by atoms with Gasteiger partial charge in [-0.15, -0.1) is 0 Å². The maximum absolute atomic E-state index is 13.7.